The maximum Gasteiger partial charge on any atom is 0.248 e. The summed E-state index contributed by atoms with van der Waals surface area (Å²) in [6.45, 7) is 12.5. The minimum Gasteiger partial charge on any atom is -0.379 e. The number of nitrogens with zero attached hydrogens (tertiary/aromatic N) is 3. The van der Waals surface area contributed by atoms with Crippen molar-refractivity contribution in [2.75, 3.05) is 57.4 Å². The monoisotopic (exact) mass is 401 g/mol. The van der Waals surface area contributed by atoms with Crippen LogP contribution in [0.1, 0.15) is 26.3 Å². The second-order valence-electron chi connectivity index (χ2n) is 7.96. The number of para-hydroxylation sites is 1. The second-order valence-corrected chi connectivity index (χ2v) is 7.96. The highest BCUT2D eigenvalue weighted by Gasteiger charge is 2.25. The molecule has 0 bridgehead atoms. The molecule has 1 fully saturated rings. The number of carbonyl (C=O) groups is 1. The van der Waals surface area contributed by atoms with Crippen LogP contribution in [0.25, 0.3) is 0 Å². The zero-order chi connectivity index (χ0) is 20.6. The molecule has 0 spiro atoms. The number of ether oxygens (including phenoxy) is 1. The van der Waals surface area contributed by atoms with Gasteiger partial charge in [0.25, 0.3) is 0 Å². The van der Waals surface area contributed by atoms with Crippen LogP contribution in [0.2, 0.25) is 0 Å². The van der Waals surface area contributed by atoms with Crippen molar-refractivity contribution in [3.8, 4) is 0 Å². The van der Waals surface area contributed by atoms with Crippen LogP contribution in [0.15, 0.2) is 29.3 Å². The van der Waals surface area contributed by atoms with Crippen LogP contribution in [-0.2, 0) is 16.0 Å². The SMILES string of the molecule is CCNC(=NCC(=O)N1CCc2ccccc21)NCC(C(C)C)N1CCOCC1. The minimum absolute atomic E-state index is 0.0424. The summed E-state index contributed by atoms with van der Waals surface area (Å²) < 4.78 is 5.49. The zero-order valence-electron chi connectivity index (χ0n) is 18.0. The number of benzene rings is 1. The van der Waals surface area contributed by atoms with Gasteiger partial charge in [0, 0.05) is 44.5 Å². The van der Waals surface area contributed by atoms with E-state index in [0.717, 1.165) is 58.0 Å². The molecule has 160 valence electrons. The number of morpholine rings is 1. The number of anilines is 1. The maximum atomic E-state index is 12.8. The number of hydrogen-bond donors (Lipinski definition) is 2. The second kappa shape index (κ2) is 10.6. The average molecular weight is 402 g/mol. The Balaban J connectivity index is 1.58. The Bertz CT molecular complexity index is 700. The predicted octanol–water partition coefficient (Wildman–Crippen LogP) is 1.49. The van der Waals surface area contributed by atoms with Crippen LogP contribution in [-0.4, -0.2) is 75.3 Å². The molecule has 1 aromatic rings. The number of fused-ring (bicyclic) bond motifs is 1. The van der Waals surface area contributed by atoms with Gasteiger partial charge in [-0.05, 0) is 30.9 Å². The summed E-state index contributed by atoms with van der Waals surface area (Å²) in [6.07, 6.45) is 0.916. The van der Waals surface area contributed by atoms with Crippen LogP contribution < -0.4 is 15.5 Å². The summed E-state index contributed by atoms with van der Waals surface area (Å²) in [5.74, 6) is 1.26. The molecule has 7 nitrogen and oxygen atoms in total. The van der Waals surface area contributed by atoms with E-state index in [1.54, 1.807) is 0 Å². The average Bonchev–Trinajstić information content (AvgIpc) is 3.16. The van der Waals surface area contributed by atoms with Crippen LogP contribution in [0.3, 0.4) is 0 Å². The zero-order valence-corrected chi connectivity index (χ0v) is 18.0. The number of carbonyl (C=O) groups excluding carboxylic acids is 1. The van der Waals surface area contributed by atoms with E-state index in [-0.39, 0.29) is 12.5 Å². The lowest BCUT2D eigenvalue weighted by atomic mass is 10.0. The summed E-state index contributed by atoms with van der Waals surface area (Å²) in [6, 6.07) is 8.52. The smallest absolute Gasteiger partial charge is 0.248 e. The Hall–Kier alpha value is -2.12. The normalized spacial score (nSPS) is 18.6. The number of rotatable bonds is 7. The maximum absolute atomic E-state index is 12.8. The number of hydrogen-bond acceptors (Lipinski definition) is 4. The number of guanidine groups is 1. The van der Waals surface area contributed by atoms with E-state index in [1.165, 1.54) is 5.56 Å². The van der Waals surface area contributed by atoms with Gasteiger partial charge in [-0.2, -0.15) is 0 Å². The van der Waals surface area contributed by atoms with Crippen LogP contribution in [0.4, 0.5) is 5.69 Å². The molecule has 1 unspecified atom stereocenters. The van der Waals surface area contributed by atoms with Crippen molar-refractivity contribution in [1.29, 1.82) is 0 Å². The van der Waals surface area contributed by atoms with E-state index in [1.807, 2.05) is 30.0 Å². The van der Waals surface area contributed by atoms with Gasteiger partial charge < -0.3 is 20.3 Å². The van der Waals surface area contributed by atoms with Crippen molar-refractivity contribution in [3.63, 3.8) is 0 Å². The molecule has 1 aromatic carbocycles. The van der Waals surface area contributed by atoms with Crippen molar-refractivity contribution in [3.05, 3.63) is 29.8 Å². The van der Waals surface area contributed by atoms with Gasteiger partial charge in [-0.1, -0.05) is 32.0 Å². The summed E-state index contributed by atoms with van der Waals surface area (Å²) in [5, 5.41) is 6.72. The van der Waals surface area contributed by atoms with Gasteiger partial charge >= 0.3 is 0 Å². The highest BCUT2D eigenvalue weighted by atomic mass is 16.5. The Morgan fingerprint density at radius 3 is 2.66 bits per heavy atom. The Morgan fingerprint density at radius 1 is 1.17 bits per heavy atom. The van der Waals surface area contributed by atoms with Gasteiger partial charge in [0.15, 0.2) is 5.96 Å². The molecular formula is C22H35N5O2. The molecule has 29 heavy (non-hydrogen) atoms. The summed E-state index contributed by atoms with van der Waals surface area (Å²) >= 11 is 0. The third kappa shape index (κ3) is 5.70. The first-order valence-corrected chi connectivity index (χ1v) is 10.8. The Morgan fingerprint density at radius 2 is 1.93 bits per heavy atom. The van der Waals surface area contributed by atoms with Gasteiger partial charge in [0.05, 0.1) is 13.2 Å². The number of aliphatic imine (C=N–C) groups is 1. The molecule has 3 rings (SSSR count). The van der Waals surface area contributed by atoms with E-state index in [2.05, 4.69) is 40.4 Å². The Labute approximate surface area is 174 Å². The minimum atomic E-state index is 0.0424. The topological polar surface area (TPSA) is 69.2 Å². The predicted molar refractivity (Wildman–Crippen MR) is 117 cm³/mol. The lowest BCUT2D eigenvalue weighted by Crippen LogP contribution is -2.52. The molecule has 1 atom stereocenters. The molecule has 0 aromatic heterocycles. The van der Waals surface area contributed by atoms with Crippen molar-refractivity contribution < 1.29 is 9.53 Å². The van der Waals surface area contributed by atoms with Crippen molar-refractivity contribution >= 4 is 17.6 Å². The van der Waals surface area contributed by atoms with E-state index >= 15 is 0 Å². The van der Waals surface area contributed by atoms with Crippen LogP contribution in [0, 0.1) is 5.92 Å². The molecule has 7 heteroatoms. The fraction of sp³-hybridized carbons (Fsp3) is 0.636. The first kappa shape index (κ1) is 21.6. The lowest BCUT2D eigenvalue weighted by Gasteiger charge is -2.37. The summed E-state index contributed by atoms with van der Waals surface area (Å²) in [5.41, 5.74) is 2.26. The molecule has 2 heterocycles. The molecule has 0 saturated carbocycles. The molecule has 1 saturated heterocycles. The fourth-order valence-corrected chi connectivity index (χ4v) is 4.07. The number of nitrogens with one attached hydrogen (secondary N) is 2. The van der Waals surface area contributed by atoms with Crippen molar-refractivity contribution in [2.24, 2.45) is 10.9 Å². The van der Waals surface area contributed by atoms with E-state index in [9.17, 15) is 4.79 Å². The Kier molecular flexibility index (Phi) is 7.89. The van der Waals surface area contributed by atoms with Gasteiger partial charge in [0.2, 0.25) is 5.91 Å². The number of amides is 1. The van der Waals surface area contributed by atoms with E-state index in [0.29, 0.717) is 17.9 Å². The summed E-state index contributed by atoms with van der Waals surface area (Å²) in [7, 11) is 0. The third-order valence-corrected chi connectivity index (χ3v) is 5.67. The largest absolute Gasteiger partial charge is 0.379 e. The van der Waals surface area contributed by atoms with Gasteiger partial charge in [-0.3, -0.25) is 9.69 Å². The van der Waals surface area contributed by atoms with Crippen LogP contribution >= 0.6 is 0 Å². The summed E-state index contributed by atoms with van der Waals surface area (Å²) in [4.78, 5) is 21.7. The first-order valence-electron chi connectivity index (χ1n) is 10.8. The van der Waals surface area contributed by atoms with Gasteiger partial charge in [0.1, 0.15) is 6.54 Å². The third-order valence-electron chi connectivity index (χ3n) is 5.67. The molecule has 2 aliphatic heterocycles. The fourth-order valence-electron chi connectivity index (χ4n) is 4.07. The van der Waals surface area contributed by atoms with Gasteiger partial charge in [-0.15, -0.1) is 0 Å². The van der Waals surface area contributed by atoms with Crippen molar-refractivity contribution in [1.82, 2.24) is 15.5 Å². The molecule has 2 aliphatic rings. The molecule has 0 aliphatic carbocycles. The van der Waals surface area contributed by atoms with E-state index in [4.69, 9.17) is 4.74 Å². The molecule has 1 amide bonds. The standard InChI is InChI=1S/C22H35N5O2/c1-4-23-22(24-15-20(17(2)3)26-11-13-29-14-12-26)25-16-21(28)27-10-9-18-7-5-6-8-19(18)27/h5-8,17,20H,4,9-16H2,1-3H3,(H2,23,24,25). The van der Waals surface area contributed by atoms with E-state index < -0.39 is 0 Å². The van der Waals surface area contributed by atoms with Gasteiger partial charge in [-0.25, -0.2) is 4.99 Å². The van der Waals surface area contributed by atoms with Crippen LogP contribution in [0.5, 0.6) is 0 Å². The highest BCUT2D eigenvalue weighted by molar-refractivity contribution is 5.98. The lowest BCUT2D eigenvalue weighted by molar-refractivity contribution is -0.117. The van der Waals surface area contributed by atoms with Crippen molar-refractivity contribution in [2.45, 2.75) is 33.2 Å². The highest BCUT2D eigenvalue weighted by Crippen LogP contribution is 2.27. The molecule has 0 radical (unpaired) electrons. The molecular weight excluding hydrogens is 366 g/mol. The molecule has 2 N–H and O–H groups in total. The first-order chi connectivity index (χ1) is 14.1. The quantitative estimate of drug-likeness (QED) is 0.535.